The van der Waals surface area contributed by atoms with Gasteiger partial charge in [0.1, 0.15) is 4.90 Å². The summed E-state index contributed by atoms with van der Waals surface area (Å²) in [4.78, 5) is 0.107. The van der Waals surface area contributed by atoms with Gasteiger partial charge < -0.3 is 5.73 Å². The Labute approximate surface area is 134 Å². The number of sulfonamides is 1. The van der Waals surface area contributed by atoms with Gasteiger partial charge in [-0.3, -0.25) is 4.72 Å². The van der Waals surface area contributed by atoms with E-state index in [1.807, 2.05) is 13.0 Å². The van der Waals surface area contributed by atoms with Crippen molar-refractivity contribution in [3.8, 4) is 0 Å². The van der Waals surface area contributed by atoms with Crippen molar-refractivity contribution in [2.75, 3.05) is 10.5 Å². The van der Waals surface area contributed by atoms with Crippen LogP contribution >= 0.6 is 31.9 Å². The maximum absolute atomic E-state index is 12.4. The highest BCUT2D eigenvalue weighted by molar-refractivity contribution is 9.10. The standard InChI is InChI=1S/C13H12Br2N2O2S/c1-8-4-9(14)6-11(5-8)17-20(18,19)13-7-10(16)2-3-12(13)15/h2-7,17H,16H2,1H3. The second kappa shape index (κ2) is 5.75. The molecule has 0 bridgehead atoms. The number of hydrogen-bond acceptors (Lipinski definition) is 3. The van der Waals surface area contributed by atoms with Crippen LogP contribution in [0.3, 0.4) is 0 Å². The third-order valence-electron chi connectivity index (χ3n) is 2.54. The van der Waals surface area contributed by atoms with Gasteiger partial charge in [0.2, 0.25) is 0 Å². The molecule has 0 aromatic heterocycles. The number of hydrogen-bond donors (Lipinski definition) is 2. The van der Waals surface area contributed by atoms with Crippen LogP contribution in [0.4, 0.5) is 11.4 Å². The Kier molecular flexibility index (Phi) is 4.41. The Balaban J connectivity index is 2.43. The summed E-state index contributed by atoms with van der Waals surface area (Å²) < 4.78 is 28.6. The number of anilines is 2. The van der Waals surface area contributed by atoms with Gasteiger partial charge in [-0.15, -0.1) is 0 Å². The predicted octanol–water partition coefficient (Wildman–Crippen LogP) is 3.90. The smallest absolute Gasteiger partial charge is 0.263 e. The molecule has 0 saturated carbocycles. The molecule has 0 fully saturated rings. The summed E-state index contributed by atoms with van der Waals surface area (Å²) in [5.74, 6) is 0. The van der Waals surface area contributed by atoms with E-state index in [1.54, 1.807) is 24.3 Å². The van der Waals surface area contributed by atoms with Crippen LogP contribution in [0.5, 0.6) is 0 Å². The lowest BCUT2D eigenvalue weighted by atomic mass is 10.2. The van der Waals surface area contributed by atoms with Gasteiger partial charge in [0.25, 0.3) is 10.0 Å². The highest BCUT2D eigenvalue weighted by Crippen LogP contribution is 2.27. The van der Waals surface area contributed by atoms with E-state index >= 15 is 0 Å². The minimum atomic E-state index is -3.70. The number of aryl methyl sites for hydroxylation is 1. The molecule has 0 aliphatic rings. The summed E-state index contributed by atoms with van der Waals surface area (Å²) in [6.45, 7) is 1.89. The third-order valence-corrected chi connectivity index (χ3v) is 5.37. The maximum Gasteiger partial charge on any atom is 0.263 e. The molecule has 0 saturated heterocycles. The van der Waals surface area contributed by atoms with Crippen LogP contribution in [0.15, 0.2) is 50.2 Å². The average Bonchev–Trinajstić information content (AvgIpc) is 2.30. The molecule has 7 heteroatoms. The van der Waals surface area contributed by atoms with E-state index in [2.05, 4.69) is 36.6 Å². The van der Waals surface area contributed by atoms with Gasteiger partial charge in [-0.25, -0.2) is 8.42 Å². The van der Waals surface area contributed by atoms with Gasteiger partial charge in [0, 0.05) is 14.6 Å². The van der Waals surface area contributed by atoms with Gasteiger partial charge in [0.15, 0.2) is 0 Å². The fraction of sp³-hybridized carbons (Fsp3) is 0.0769. The van der Waals surface area contributed by atoms with Gasteiger partial charge in [-0.05, 0) is 64.8 Å². The van der Waals surface area contributed by atoms with Crippen LogP contribution in [0.1, 0.15) is 5.56 Å². The van der Waals surface area contributed by atoms with Gasteiger partial charge in [-0.1, -0.05) is 15.9 Å². The number of nitrogens with one attached hydrogen (secondary N) is 1. The lowest BCUT2D eigenvalue weighted by Crippen LogP contribution is -2.14. The van der Waals surface area contributed by atoms with Crippen molar-refractivity contribution < 1.29 is 8.42 Å². The van der Waals surface area contributed by atoms with Crippen LogP contribution in [0, 0.1) is 6.92 Å². The zero-order chi connectivity index (χ0) is 14.9. The Morgan fingerprint density at radius 1 is 1.10 bits per heavy atom. The average molecular weight is 420 g/mol. The van der Waals surface area contributed by atoms with Crippen molar-refractivity contribution in [3.05, 3.63) is 50.9 Å². The molecule has 4 nitrogen and oxygen atoms in total. The second-order valence-electron chi connectivity index (χ2n) is 4.31. The molecule has 2 aromatic rings. The second-order valence-corrected chi connectivity index (χ2v) is 7.73. The van der Waals surface area contributed by atoms with Crippen molar-refractivity contribution in [2.45, 2.75) is 11.8 Å². The Bertz CT molecular complexity index is 741. The van der Waals surface area contributed by atoms with Gasteiger partial charge in [0.05, 0.1) is 5.69 Å². The molecule has 2 rings (SSSR count). The molecule has 0 heterocycles. The van der Waals surface area contributed by atoms with Gasteiger partial charge >= 0.3 is 0 Å². The molecule has 0 amide bonds. The lowest BCUT2D eigenvalue weighted by Gasteiger charge is -2.11. The molecular weight excluding hydrogens is 408 g/mol. The minimum absolute atomic E-state index is 0.107. The number of halogens is 2. The number of rotatable bonds is 3. The quantitative estimate of drug-likeness (QED) is 0.741. The van der Waals surface area contributed by atoms with E-state index in [9.17, 15) is 8.42 Å². The number of nitrogen functional groups attached to an aromatic ring is 1. The third kappa shape index (κ3) is 3.53. The zero-order valence-corrected chi connectivity index (χ0v) is 14.5. The summed E-state index contributed by atoms with van der Waals surface area (Å²) in [7, 11) is -3.70. The molecule has 3 N–H and O–H groups in total. The maximum atomic E-state index is 12.4. The van der Waals surface area contributed by atoms with Crippen LogP contribution < -0.4 is 10.5 Å². The van der Waals surface area contributed by atoms with Crippen molar-refractivity contribution in [1.29, 1.82) is 0 Å². The van der Waals surface area contributed by atoms with Crippen LogP contribution in [-0.4, -0.2) is 8.42 Å². The van der Waals surface area contributed by atoms with Crippen LogP contribution in [0.2, 0.25) is 0 Å². The van der Waals surface area contributed by atoms with E-state index in [-0.39, 0.29) is 4.90 Å². The first kappa shape index (κ1) is 15.3. The SMILES string of the molecule is Cc1cc(Br)cc(NS(=O)(=O)c2cc(N)ccc2Br)c1. The molecule has 0 atom stereocenters. The first-order valence-electron chi connectivity index (χ1n) is 5.63. The molecule has 106 valence electrons. The summed E-state index contributed by atoms with van der Waals surface area (Å²) in [5, 5.41) is 0. The number of benzene rings is 2. The highest BCUT2D eigenvalue weighted by atomic mass is 79.9. The minimum Gasteiger partial charge on any atom is -0.399 e. The van der Waals surface area contributed by atoms with Gasteiger partial charge in [-0.2, -0.15) is 0 Å². The first-order chi connectivity index (χ1) is 9.28. The molecule has 0 aliphatic carbocycles. The van der Waals surface area contributed by atoms with Crippen molar-refractivity contribution in [1.82, 2.24) is 0 Å². The molecule has 0 unspecified atom stereocenters. The number of nitrogens with two attached hydrogens (primary N) is 1. The molecular formula is C13H12Br2N2O2S. The Morgan fingerprint density at radius 2 is 1.80 bits per heavy atom. The van der Waals surface area contributed by atoms with Crippen molar-refractivity contribution in [2.24, 2.45) is 0 Å². The first-order valence-corrected chi connectivity index (χ1v) is 8.70. The highest BCUT2D eigenvalue weighted by Gasteiger charge is 2.18. The summed E-state index contributed by atoms with van der Waals surface area (Å²) in [5.41, 5.74) is 7.47. The Morgan fingerprint density at radius 3 is 2.45 bits per heavy atom. The van der Waals surface area contributed by atoms with Crippen LogP contribution in [0.25, 0.3) is 0 Å². The molecule has 0 radical (unpaired) electrons. The normalized spacial score (nSPS) is 11.3. The van der Waals surface area contributed by atoms with Crippen LogP contribution in [-0.2, 0) is 10.0 Å². The van der Waals surface area contributed by atoms with E-state index < -0.39 is 10.0 Å². The lowest BCUT2D eigenvalue weighted by molar-refractivity contribution is 0.601. The topological polar surface area (TPSA) is 72.2 Å². The van der Waals surface area contributed by atoms with Crippen molar-refractivity contribution in [3.63, 3.8) is 0 Å². The zero-order valence-electron chi connectivity index (χ0n) is 10.5. The summed E-state index contributed by atoms with van der Waals surface area (Å²) >= 11 is 6.56. The fourth-order valence-corrected chi connectivity index (χ4v) is 4.38. The largest absolute Gasteiger partial charge is 0.399 e. The molecule has 0 spiro atoms. The van der Waals surface area contributed by atoms with E-state index in [4.69, 9.17) is 5.73 Å². The molecule has 20 heavy (non-hydrogen) atoms. The van der Waals surface area contributed by atoms with E-state index in [0.29, 0.717) is 15.8 Å². The molecule has 2 aromatic carbocycles. The van der Waals surface area contributed by atoms with Crippen molar-refractivity contribution >= 4 is 53.3 Å². The monoisotopic (exact) mass is 418 g/mol. The molecule has 0 aliphatic heterocycles. The Hall–Kier alpha value is -1.05. The summed E-state index contributed by atoms with van der Waals surface area (Å²) in [6.07, 6.45) is 0. The summed E-state index contributed by atoms with van der Waals surface area (Å²) in [6, 6.07) is 10.0. The fourth-order valence-electron chi connectivity index (χ4n) is 1.73. The predicted molar refractivity (Wildman–Crippen MR) is 88.2 cm³/mol. The van der Waals surface area contributed by atoms with E-state index in [1.165, 1.54) is 6.07 Å². The van der Waals surface area contributed by atoms with E-state index in [0.717, 1.165) is 10.0 Å².